The Labute approximate surface area is 156 Å². The smallest absolute Gasteiger partial charge is 0.319 e. The van der Waals surface area contributed by atoms with Gasteiger partial charge in [0.2, 0.25) is 11.8 Å². The lowest BCUT2D eigenvalue weighted by Crippen LogP contribution is -2.49. The minimum absolute atomic E-state index is 0.0174. The van der Waals surface area contributed by atoms with Crippen molar-refractivity contribution in [1.29, 1.82) is 0 Å². The fourth-order valence-electron chi connectivity index (χ4n) is 4.52. The number of urea groups is 1. The first kappa shape index (κ1) is 19.0. The molecule has 0 bridgehead atoms. The maximum absolute atomic E-state index is 12.9. The summed E-state index contributed by atoms with van der Waals surface area (Å²) in [6, 6.07) is 0.299. The van der Waals surface area contributed by atoms with Crippen molar-refractivity contribution in [3.05, 3.63) is 0 Å². The molecule has 4 amide bonds. The van der Waals surface area contributed by atoms with Crippen LogP contribution in [0.3, 0.4) is 0 Å². The van der Waals surface area contributed by atoms with E-state index in [4.69, 9.17) is 0 Å². The summed E-state index contributed by atoms with van der Waals surface area (Å²) in [5.74, 6) is 0.477. The third-order valence-corrected chi connectivity index (χ3v) is 6.17. The molecule has 3 aliphatic heterocycles. The largest absolute Gasteiger partial charge is 0.340 e. The number of likely N-dealkylation sites (tertiary alicyclic amines) is 3. The van der Waals surface area contributed by atoms with Gasteiger partial charge in [-0.3, -0.25) is 9.59 Å². The van der Waals surface area contributed by atoms with E-state index in [1.165, 1.54) is 0 Å². The SMILES string of the molecule is CCN(CC)C(=O)N1CCC(C(=O)N2CCC(N3CCCC3=O)C2)CC1. The van der Waals surface area contributed by atoms with Crippen LogP contribution < -0.4 is 0 Å². The van der Waals surface area contributed by atoms with E-state index >= 15 is 0 Å². The van der Waals surface area contributed by atoms with Gasteiger partial charge in [-0.1, -0.05) is 0 Å². The van der Waals surface area contributed by atoms with Crippen molar-refractivity contribution in [3.8, 4) is 0 Å². The number of rotatable bonds is 4. The molecule has 0 aromatic rings. The van der Waals surface area contributed by atoms with Crippen LogP contribution in [0.25, 0.3) is 0 Å². The second-order valence-electron chi connectivity index (χ2n) is 7.63. The molecule has 0 aliphatic carbocycles. The Hall–Kier alpha value is -1.79. The molecule has 0 saturated carbocycles. The van der Waals surface area contributed by atoms with E-state index in [1.54, 1.807) is 0 Å². The van der Waals surface area contributed by atoms with Gasteiger partial charge >= 0.3 is 6.03 Å². The number of nitrogens with zero attached hydrogens (tertiary/aromatic N) is 4. The Morgan fingerprint density at radius 1 is 1.00 bits per heavy atom. The molecule has 0 aromatic carbocycles. The topological polar surface area (TPSA) is 64.2 Å². The highest BCUT2D eigenvalue weighted by Crippen LogP contribution is 2.26. The van der Waals surface area contributed by atoms with E-state index in [0.717, 1.165) is 51.9 Å². The number of hydrogen-bond donors (Lipinski definition) is 0. The summed E-state index contributed by atoms with van der Waals surface area (Å²) in [6.45, 7) is 9.03. The molecule has 3 heterocycles. The first-order chi connectivity index (χ1) is 12.5. The van der Waals surface area contributed by atoms with Gasteiger partial charge in [0, 0.05) is 58.2 Å². The Morgan fingerprint density at radius 2 is 1.65 bits per heavy atom. The summed E-state index contributed by atoms with van der Waals surface area (Å²) < 4.78 is 0. The van der Waals surface area contributed by atoms with Crippen LogP contribution >= 0.6 is 0 Å². The number of carbonyl (C=O) groups is 3. The van der Waals surface area contributed by atoms with Crippen molar-refractivity contribution in [2.45, 2.75) is 52.0 Å². The van der Waals surface area contributed by atoms with Gasteiger partial charge in [0.15, 0.2) is 0 Å². The summed E-state index contributed by atoms with van der Waals surface area (Å²) in [4.78, 5) is 44.9. The van der Waals surface area contributed by atoms with Gasteiger partial charge in [-0.05, 0) is 39.5 Å². The summed E-state index contributed by atoms with van der Waals surface area (Å²) in [5, 5.41) is 0. The zero-order chi connectivity index (χ0) is 18.7. The fourth-order valence-corrected chi connectivity index (χ4v) is 4.52. The molecule has 0 N–H and O–H groups in total. The van der Waals surface area contributed by atoms with Crippen LogP contribution in [-0.4, -0.2) is 89.3 Å². The average molecular weight is 364 g/mol. The third kappa shape index (κ3) is 3.81. The second kappa shape index (κ2) is 8.27. The summed E-state index contributed by atoms with van der Waals surface area (Å²) in [7, 11) is 0. The first-order valence-electron chi connectivity index (χ1n) is 10.2. The van der Waals surface area contributed by atoms with Crippen LogP contribution in [0.4, 0.5) is 4.79 Å². The van der Waals surface area contributed by atoms with Gasteiger partial charge in [0.1, 0.15) is 0 Å². The predicted molar refractivity (Wildman–Crippen MR) is 98.5 cm³/mol. The molecule has 146 valence electrons. The van der Waals surface area contributed by atoms with Gasteiger partial charge in [0.25, 0.3) is 0 Å². The van der Waals surface area contributed by atoms with Crippen LogP contribution in [0, 0.1) is 5.92 Å². The highest BCUT2D eigenvalue weighted by Gasteiger charge is 2.38. The number of hydrogen-bond acceptors (Lipinski definition) is 3. The fraction of sp³-hybridized carbons (Fsp3) is 0.842. The van der Waals surface area contributed by atoms with E-state index in [-0.39, 0.29) is 29.8 Å². The Bertz CT molecular complexity index is 541. The summed E-state index contributed by atoms with van der Waals surface area (Å²) in [6.07, 6.45) is 3.99. The third-order valence-electron chi connectivity index (χ3n) is 6.17. The summed E-state index contributed by atoms with van der Waals surface area (Å²) >= 11 is 0. The Balaban J connectivity index is 1.48. The van der Waals surface area contributed by atoms with Crippen molar-refractivity contribution < 1.29 is 14.4 Å². The minimum atomic E-state index is 0.0174. The van der Waals surface area contributed by atoms with Crippen LogP contribution in [0.15, 0.2) is 0 Å². The van der Waals surface area contributed by atoms with E-state index in [9.17, 15) is 14.4 Å². The van der Waals surface area contributed by atoms with Crippen molar-refractivity contribution >= 4 is 17.8 Å². The highest BCUT2D eigenvalue weighted by molar-refractivity contribution is 5.81. The highest BCUT2D eigenvalue weighted by atomic mass is 16.2. The minimum Gasteiger partial charge on any atom is -0.340 e. The normalized spacial score (nSPS) is 24.5. The number of carbonyl (C=O) groups excluding carboxylic acids is 3. The molecule has 3 fully saturated rings. The van der Waals surface area contributed by atoms with Crippen LogP contribution in [0.2, 0.25) is 0 Å². The molecule has 0 radical (unpaired) electrons. The Morgan fingerprint density at radius 3 is 2.23 bits per heavy atom. The van der Waals surface area contributed by atoms with E-state index < -0.39 is 0 Å². The lowest BCUT2D eigenvalue weighted by atomic mass is 9.95. The molecule has 0 aromatic heterocycles. The zero-order valence-corrected chi connectivity index (χ0v) is 16.2. The standard InChI is InChI=1S/C19H32N4O3/c1-3-20(4-2)19(26)21-11-7-15(8-12-21)18(25)22-13-9-16(14-22)23-10-5-6-17(23)24/h15-16H,3-14H2,1-2H3. The van der Waals surface area contributed by atoms with E-state index in [0.29, 0.717) is 26.1 Å². The molecule has 3 rings (SSSR count). The molecule has 3 aliphatic rings. The van der Waals surface area contributed by atoms with E-state index in [1.807, 2.05) is 33.4 Å². The zero-order valence-electron chi connectivity index (χ0n) is 16.2. The van der Waals surface area contributed by atoms with Crippen LogP contribution in [0.1, 0.15) is 46.0 Å². The molecule has 7 nitrogen and oxygen atoms in total. The molecule has 1 atom stereocenters. The molecule has 3 saturated heterocycles. The molecule has 26 heavy (non-hydrogen) atoms. The maximum atomic E-state index is 12.9. The van der Waals surface area contributed by atoms with Crippen molar-refractivity contribution in [2.24, 2.45) is 5.92 Å². The first-order valence-corrected chi connectivity index (χ1v) is 10.2. The van der Waals surface area contributed by atoms with Crippen molar-refractivity contribution in [1.82, 2.24) is 19.6 Å². The Kier molecular flexibility index (Phi) is 6.04. The molecule has 0 spiro atoms. The molecular weight excluding hydrogens is 332 g/mol. The second-order valence-corrected chi connectivity index (χ2v) is 7.63. The van der Waals surface area contributed by atoms with Crippen LogP contribution in [-0.2, 0) is 9.59 Å². The molecular formula is C19H32N4O3. The molecule has 1 unspecified atom stereocenters. The van der Waals surface area contributed by atoms with Crippen molar-refractivity contribution in [3.63, 3.8) is 0 Å². The van der Waals surface area contributed by atoms with Crippen LogP contribution in [0.5, 0.6) is 0 Å². The number of piperidine rings is 1. The lowest BCUT2D eigenvalue weighted by molar-refractivity contribution is -0.137. The monoisotopic (exact) mass is 364 g/mol. The maximum Gasteiger partial charge on any atom is 0.319 e. The predicted octanol–water partition coefficient (Wildman–Crippen LogP) is 1.38. The van der Waals surface area contributed by atoms with Gasteiger partial charge in [-0.25, -0.2) is 4.79 Å². The summed E-state index contributed by atoms with van der Waals surface area (Å²) in [5.41, 5.74) is 0. The lowest BCUT2D eigenvalue weighted by Gasteiger charge is -2.36. The van der Waals surface area contributed by atoms with Gasteiger partial charge < -0.3 is 19.6 Å². The van der Waals surface area contributed by atoms with Gasteiger partial charge in [0.05, 0.1) is 6.04 Å². The van der Waals surface area contributed by atoms with Crippen molar-refractivity contribution in [2.75, 3.05) is 45.8 Å². The van der Waals surface area contributed by atoms with E-state index in [2.05, 4.69) is 0 Å². The molecule has 7 heteroatoms. The van der Waals surface area contributed by atoms with Gasteiger partial charge in [-0.15, -0.1) is 0 Å². The number of amides is 4. The average Bonchev–Trinajstić information content (AvgIpc) is 3.31. The van der Waals surface area contributed by atoms with Gasteiger partial charge in [-0.2, -0.15) is 0 Å². The quantitative estimate of drug-likeness (QED) is 0.757.